The summed E-state index contributed by atoms with van der Waals surface area (Å²) in [5.74, 6) is -0.756. The van der Waals surface area contributed by atoms with Crippen molar-refractivity contribution in [3.63, 3.8) is 0 Å². The molecule has 0 aliphatic rings. The molecule has 5 heteroatoms. The second-order valence-corrected chi connectivity index (χ2v) is 6.21. The molecule has 0 saturated carbocycles. The van der Waals surface area contributed by atoms with Gasteiger partial charge in [-0.3, -0.25) is 4.79 Å². The van der Waals surface area contributed by atoms with Crippen LogP contribution in [0.15, 0.2) is 34.0 Å². The van der Waals surface area contributed by atoms with Crippen molar-refractivity contribution in [1.29, 1.82) is 0 Å². The molecule has 19 heavy (non-hydrogen) atoms. The van der Waals surface area contributed by atoms with E-state index in [9.17, 15) is 4.79 Å². The van der Waals surface area contributed by atoms with Gasteiger partial charge in [0.2, 0.25) is 0 Å². The molecule has 0 aliphatic carbocycles. The normalized spacial score (nSPS) is 10.6. The van der Waals surface area contributed by atoms with Crippen molar-refractivity contribution in [2.75, 3.05) is 5.75 Å². The van der Waals surface area contributed by atoms with E-state index in [4.69, 9.17) is 5.11 Å². The van der Waals surface area contributed by atoms with Gasteiger partial charge >= 0.3 is 5.97 Å². The highest BCUT2D eigenvalue weighted by atomic mass is 32.2. The molecular weight excluding hydrogens is 278 g/mol. The number of carboxylic acid groups (broad SMARTS) is 1. The van der Waals surface area contributed by atoms with Gasteiger partial charge in [0.15, 0.2) is 4.34 Å². The number of hydrogen-bond donors (Lipinski definition) is 1. The summed E-state index contributed by atoms with van der Waals surface area (Å²) in [6, 6.07) is 8.40. The first-order chi connectivity index (χ1) is 9.19. The predicted octanol–water partition coefficient (Wildman–Crippen LogP) is 3.94. The SMILES string of the molecule is CCCc1ccc(-c2csc(SCC(=O)O)n2)cc1. The van der Waals surface area contributed by atoms with Crippen LogP contribution in [0.2, 0.25) is 0 Å². The lowest BCUT2D eigenvalue weighted by Gasteiger charge is -2.00. The highest BCUT2D eigenvalue weighted by Gasteiger charge is 2.07. The Labute approximate surface area is 120 Å². The molecule has 0 spiro atoms. The fraction of sp³-hybridized carbons (Fsp3) is 0.286. The molecule has 0 radical (unpaired) electrons. The molecule has 0 bridgehead atoms. The third-order valence-electron chi connectivity index (χ3n) is 2.59. The molecule has 2 aromatic rings. The van der Waals surface area contributed by atoms with Crippen LogP contribution in [0, 0.1) is 0 Å². The van der Waals surface area contributed by atoms with E-state index >= 15 is 0 Å². The van der Waals surface area contributed by atoms with E-state index in [1.54, 1.807) is 0 Å². The van der Waals surface area contributed by atoms with Crippen molar-refractivity contribution in [2.45, 2.75) is 24.1 Å². The number of thioether (sulfide) groups is 1. The van der Waals surface area contributed by atoms with Gasteiger partial charge in [0.05, 0.1) is 11.4 Å². The monoisotopic (exact) mass is 293 g/mol. The second-order valence-electron chi connectivity index (χ2n) is 4.13. The van der Waals surface area contributed by atoms with Gasteiger partial charge in [0.1, 0.15) is 0 Å². The molecule has 0 unspecified atom stereocenters. The Hall–Kier alpha value is -1.33. The van der Waals surface area contributed by atoms with Gasteiger partial charge in [-0.25, -0.2) is 4.98 Å². The van der Waals surface area contributed by atoms with Crippen LogP contribution in [0.25, 0.3) is 11.3 Å². The summed E-state index contributed by atoms with van der Waals surface area (Å²) in [6.07, 6.45) is 2.24. The maximum atomic E-state index is 10.5. The number of hydrogen-bond acceptors (Lipinski definition) is 4. The largest absolute Gasteiger partial charge is 0.481 e. The fourth-order valence-corrected chi connectivity index (χ4v) is 3.27. The molecule has 0 fully saturated rings. The lowest BCUT2D eigenvalue weighted by atomic mass is 10.1. The first-order valence-electron chi connectivity index (χ1n) is 6.08. The Morgan fingerprint density at radius 2 is 2.11 bits per heavy atom. The summed E-state index contributed by atoms with van der Waals surface area (Å²) in [7, 11) is 0. The van der Waals surface area contributed by atoms with E-state index in [0.717, 1.165) is 28.4 Å². The van der Waals surface area contributed by atoms with Crippen molar-refractivity contribution in [3.05, 3.63) is 35.2 Å². The molecule has 1 heterocycles. The molecule has 3 nitrogen and oxygen atoms in total. The van der Waals surface area contributed by atoms with Crippen molar-refractivity contribution >= 4 is 29.1 Å². The first kappa shape index (κ1) is 14.1. The Kier molecular flexibility index (Phi) is 4.99. The number of nitrogens with zero attached hydrogens (tertiary/aromatic N) is 1. The van der Waals surface area contributed by atoms with Crippen molar-refractivity contribution in [2.24, 2.45) is 0 Å². The number of aromatic nitrogens is 1. The zero-order valence-electron chi connectivity index (χ0n) is 10.6. The molecule has 2 rings (SSSR count). The van der Waals surface area contributed by atoms with Gasteiger partial charge in [-0.15, -0.1) is 11.3 Å². The van der Waals surface area contributed by atoms with E-state index in [0.29, 0.717) is 0 Å². The van der Waals surface area contributed by atoms with Crippen LogP contribution in [0.3, 0.4) is 0 Å². The number of benzene rings is 1. The molecule has 1 N–H and O–H groups in total. The number of carbonyl (C=O) groups is 1. The van der Waals surface area contributed by atoms with Gasteiger partial charge in [0.25, 0.3) is 0 Å². The fourth-order valence-electron chi connectivity index (χ4n) is 1.71. The maximum absolute atomic E-state index is 10.5. The minimum Gasteiger partial charge on any atom is -0.481 e. The minimum atomic E-state index is -0.814. The summed E-state index contributed by atoms with van der Waals surface area (Å²) < 4.78 is 0.801. The smallest absolute Gasteiger partial charge is 0.313 e. The Morgan fingerprint density at radius 3 is 2.74 bits per heavy atom. The van der Waals surface area contributed by atoms with Gasteiger partial charge in [-0.1, -0.05) is 49.4 Å². The summed E-state index contributed by atoms with van der Waals surface area (Å²) in [6.45, 7) is 2.17. The van der Waals surface area contributed by atoms with E-state index in [-0.39, 0.29) is 5.75 Å². The van der Waals surface area contributed by atoms with Crippen molar-refractivity contribution < 1.29 is 9.90 Å². The zero-order chi connectivity index (χ0) is 13.7. The summed E-state index contributed by atoms with van der Waals surface area (Å²) in [5.41, 5.74) is 3.33. The Bertz CT molecular complexity index is 549. The number of aryl methyl sites for hydroxylation is 1. The van der Waals surface area contributed by atoms with E-state index in [1.807, 2.05) is 5.38 Å². The van der Waals surface area contributed by atoms with Crippen molar-refractivity contribution in [1.82, 2.24) is 4.98 Å². The minimum absolute atomic E-state index is 0.0579. The maximum Gasteiger partial charge on any atom is 0.313 e. The summed E-state index contributed by atoms with van der Waals surface area (Å²) >= 11 is 2.75. The Balaban J connectivity index is 2.07. The number of rotatable bonds is 6. The number of carboxylic acids is 1. The zero-order valence-corrected chi connectivity index (χ0v) is 12.3. The standard InChI is InChI=1S/C14H15NO2S2/c1-2-3-10-4-6-11(7-5-10)12-8-18-14(15-12)19-9-13(16)17/h4-8H,2-3,9H2,1H3,(H,16,17). The van der Waals surface area contributed by atoms with E-state index in [1.165, 1.54) is 28.7 Å². The van der Waals surface area contributed by atoms with E-state index < -0.39 is 5.97 Å². The van der Waals surface area contributed by atoms with Gasteiger partial charge in [-0.2, -0.15) is 0 Å². The third kappa shape index (κ3) is 4.08. The van der Waals surface area contributed by atoms with Crippen LogP contribution >= 0.6 is 23.1 Å². The molecule has 1 aromatic heterocycles. The lowest BCUT2D eigenvalue weighted by Crippen LogP contribution is -1.96. The van der Waals surface area contributed by atoms with Crippen LogP contribution < -0.4 is 0 Å². The van der Waals surface area contributed by atoms with Crippen LogP contribution in [-0.4, -0.2) is 21.8 Å². The molecule has 0 amide bonds. The third-order valence-corrected chi connectivity index (χ3v) is 4.60. The molecule has 0 atom stereocenters. The van der Waals surface area contributed by atoms with Crippen LogP contribution in [0.5, 0.6) is 0 Å². The van der Waals surface area contributed by atoms with E-state index in [2.05, 4.69) is 36.2 Å². The highest BCUT2D eigenvalue weighted by Crippen LogP contribution is 2.28. The summed E-state index contributed by atoms with van der Waals surface area (Å²) in [4.78, 5) is 15.0. The van der Waals surface area contributed by atoms with Gasteiger partial charge in [-0.05, 0) is 12.0 Å². The molecule has 100 valence electrons. The summed E-state index contributed by atoms with van der Waals surface area (Å²) in [5, 5.41) is 10.6. The number of aliphatic carboxylic acids is 1. The molecule has 1 aromatic carbocycles. The number of thiazole rings is 1. The second kappa shape index (κ2) is 6.73. The van der Waals surface area contributed by atoms with Gasteiger partial charge in [0, 0.05) is 10.9 Å². The topological polar surface area (TPSA) is 50.2 Å². The first-order valence-corrected chi connectivity index (χ1v) is 7.95. The highest BCUT2D eigenvalue weighted by molar-refractivity contribution is 8.01. The van der Waals surface area contributed by atoms with Crippen LogP contribution in [0.1, 0.15) is 18.9 Å². The van der Waals surface area contributed by atoms with Crippen LogP contribution in [0.4, 0.5) is 0 Å². The van der Waals surface area contributed by atoms with Crippen LogP contribution in [-0.2, 0) is 11.2 Å². The van der Waals surface area contributed by atoms with Crippen molar-refractivity contribution in [3.8, 4) is 11.3 Å². The average molecular weight is 293 g/mol. The molecule has 0 saturated heterocycles. The quantitative estimate of drug-likeness (QED) is 0.820. The predicted molar refractivity (Wildman–Crippen MR) is 79.9 cm³/mol. The lowest BCUT2D eigenvalue weighted by molar-refractivity contribution is -0.133. The molecule has 0 aliphatic heterocycles. The van der Waals surface area contributed by atoms with Gasteiger partial charge < -0.3 is 5.11 Å². The average Bonchev–Trinajstić information content (AvgIpc) is 2.86. The Morgan fingerprint density at radius 1 is 1.37 bits per heavy atom. The molecular formula is C14H15NO2S2.